The Morgan fingerprint density at radius 3 is 2.22 bits per heavy atom. The van der Waals surface area contributed by atoms with Gasteiger partial charge in [0.15, 0.2) is 11.6 Å². The lowest BCUT2D eigenvalue weighted by atomic mass is 10.2. The second kappa shape index (κ2) is 9.80. The Morgan fingerprint density at radius 1 is 0.844 bits per heavy atom. The van der Waals surface area contributed by atoms with Crippen molar-refractivity contribution in [3.63, 3.8) is 0 Å². The van der Waals surface area contributed by atoms with Crippen LogP contribution in [0, 0.1) is 0 Å². The molecule has 0 aliphatic heterocycles. The molecule has 32 heavy (non-hydrogen) atoms. The van der Waals surface area contributed by atoms with E-state index in [1.807, 2.05) is 54.6 Å². The number of ether oxygens (including phenoxy) is 1. The molecule has 8 nitrogen and oxygen atoms in total. The van der Waals surface area contributed by atoms with Gasteiger partial charge in [-0.15, -0.1) is 0 Å². The van der Waals surface area contributed by atoms with E-state index < -0.39 is 0 Å². The van der Waals surface area contributed by atoms with Crippen LogP contribution in [0.3, 0.4) is 0 Å². The number of carbonyl (C=O) groups excluding carboxylic acids is 1. The molecule has 0 aliphatic rings. The van der Waals surface area contributed by atoms with Gasteiger partial charge in [0.05, 0.1) is 0 Å². The molecule has 9 heteroatoms. The fourth-order valence-electron chi connectivity index (χ4n) is 2.75. The number of halogens is 1. The third-order valence-electron chi connectivity index (χ3n) is 4.38. The van der Waals surface area contributed by atoms with Gasteiger partial charge in [0.1, 0.15) is 23.5 Å². The van der Waals surface area contributed by atoms with Crippen molar-refractivity contribution in [2.45, 2.75) is 0 Å². The fraction of sp³-hybridized carbons (Fsp3) is 0. The summed E-state index contributed by atoms with van der Waals surface area (Å²) in [6.45, 7) is 0. The zero-order valence-corrected chi connectivity index (χ0v) is 18.3. The van der Waals surface area contributed by atoms with Gasteiger partial charge >= 0.3 is 0 Å². The largest absolute Gasteiger partial charge is 0.457 e. The topological polar surface area (TPSA) is 114 Å². The number of hydrazine groups is 1. The Hall–Kier alpha value is -4.11. The van der Waals surface area contributed by atoms with E-state index in [0.29, 0.717) is 17.1 Å². The average molecular weight is 491 g/mol. The molecule has 5 N–H and O–H groups in total. The molecular formula is C23H19BrN6O2. The van der Waals surface area contributed by atoms with Gasteiger partial charge in [-0.05, 0) is 60.7 Å². The van der Waals surface area contributed by atoms with Gasteiger partial charge in [-0.2, -0.15) is 0 Å². The van der Waals surface area contributed by atoms with Gasteiger partial charge in [-0.3, -0.25) is 15.6 Å². The Balaban J connectivity index is 1.40. The van der Waals surface area contributed by atoms with E-state index in [1.165, 1.54) is 6.33 Å². The number of nitrogens with zero attached hydrogens (tertiary/aromatic N) is 2. The lowest BCUT2D eigenvalue weighted by molar-refractivity contribution is 0.0962. The van der Waals surface area contributed by atoms with Crippen LogP contribution in [0.15, 0.2) is 89.7 Å². The van der Waals surface area contributed by atoms with Crippen LogP contribution in [0.5, 0.6) is 11.5 Å². The van der Waals surface area contributed by atoms with Crippen molar-refractivity contribution in [2.24, 2.45) is 0 Å². The highest BCUT2D eigenvalue weighted by atomic mass is 79.9. The number of amides is 1. The van der Waals surface area contributed by atoms with E-state index in [2.05, 4.69) is 42.1 Å². The van der Waals surface area contributed by atoms with Crippen LogP contribution in [0.2, 0.25) is 0 Å². The Kier molecular flexibility index (Phi) is 6.47. The molecule has 0 saturated heterocycles. The lowest BCUT2D eigenvalue weighted by Gasteiger charge is -2.13. The third kappa shape index (κ3) is 5.32. The number of aromatic nitrogens is 2. The van der Waals surface area contributed by atoms with Crippen molar-refractivity contribution in [2.75, 3.05) is 16.5 Å². The number of para-hydroxylation sites is 1. The first-order valence-electron chi connectivity index (χ1n) is 9.61. The van der Waals surface area contributed by atoms with E-state index in [-0.39, 0.29) is 17.4 Å². The van der Waals surface area contributed by atoms with Gasteiger partial charge in [-0.1, -0.05) is 34.1 Å². The number of hydrogen-bond donors (Lipinski definition) is 4. The molecule has 3 aromatic carbocycles. The summed E-state index contributed by atoms with van der Waals surface area (Å²) in [5.74, 6) is 1.82. The zero-order valence-electron chi connectivity index (χ0n) is 16.7. The minimum Gasteiger partial charge on any atom is -0.457 e. The van der Waals surface area contributed by atoms with Crippen LogP contribution in [0.1, 0.15) is 10.4 Å². The quantitative estimate of drug-likeness (QED) is 0.266. The normalized spacial score (nSPS) is 10.3. The maximum absolute atomic E-state index is 12.3. The van der Waals surface area contributed by atoms with Crippen LogP contribution in [0.4, 0.5) is 23.0 Å². The number of nitrogen functional groups attached to an aromatic ring is 1. The molecule has 1 aromatic heterocycles. The highest BCUT2D eigenvalue weighted by molar-refractivity contribution is 9.10. The molecule has 0 atom stereocenters. The highest BCUT2D eigenvalue weighted by Crippen LogP contribution is 2.27. The van der Waals surface area contributed by atoms with E-state index in [0.717, 1.165) is 15.9 Å². The summed E-state index contributed by atoms with van der Waals surface area (Å²) in [4.78, 5) is 20.6. The molecule has 4 rings (SSSR count). The van der Waals surface area contributed by atoms with Crippen LogP contribution < -0.4 is 26.6 Å². The zero-order chi connectivity index (χ0) is 22.3. The molecule has 0 saturated carbocycles. The molecule has 0 radical (unpaired) electrons. The Labute approximate surface area is 193 Å². The molecule has 4 aromatic rings. The van der Waals surface area contributed by atoms with Gasteiger partial charge in [0, 0.05) is 15.7 Å². The molecule has 1 amide bonds. The van der Waals surface area contributed by atoms with Gasteiger partial charge in [0.2, 0.25) is 0 Å². The van der Waals surface area contributed by atoms with E-state index in [4.69, 9.17) is 10.5 Å². The molecule has 0 unspecified atom stereocenters. The number of anilines is 4. The van der Waals surface area contributed by atoms with Gasteiger partial charge < -0.3 is 15.8 Å². The summed E-state index contributed by atoms with van der Waals surface area (Å²) in [7, 11) is 0. The predicted molar refractivity (Wildman–Crippen MR) is 128 cm³/mol. The van der Waals surface area contributed by atoms with Crippen molar-refractivity contribution in [1.29, 1.82) is 0 Å². The molecule has 0 aliphatic carbocycles. The number of nitrogens with two attached hydrogens (primary N) is 1. The summed E-state index contributed by atoms with van der Waals surface area (Å²) < 4.78 is 6.68. The lowest BCUT2D eigenvalue weighted by Crippen LogP contribution is -2.30. The van der Waals surface area contributed by atoms with E-state index >= 15 is 0 Å². The van der Waals surface area contributed by atoms with Crippen LogP contribution >= 0.6 is 15.9 Å². The SMILES string of the molecule is Nc1c(NNC(=O)c2ccc(Br)cc2)ncnc1Nc1ccc(Oc2ccccc2)cc1. The first kappa shape index (κ1) is 21.1. The van der Waals surface area contributed by atoms with E-state index in [1.54, 1.807) is 24.3 Å². The molecule has 1 heterocycles. The van der Waals surface area contributed by atoms with Crippen molar-refractivity contribution < 1.29 is 9.53 Å². The number of rotatable bonds is 7. The first-order chi connectivity index (χ1) is 15.6. The number of benzene rings is 3. The molecule has 0 fully saturated rings. The van der Waals surface area contributed by atoms with Gasteiger partial charge in [0.25, 0.3) is 5.91 Å². The second-order valence-corrected chi connectivity index (χ2v) is 7.55. The van der Waals surface area contributed by atoms with E-state index in [9.17, 15) is 4.79 Å². The molecule has 0 bridgehead atoms. The molecular weight excluding hydrogens is 472 g/mol. The van der Waals surface area contributed by atoms with Gasteiger partial charge in [-0.25, -0.2) is 9.97 Å². The highest BCUT2D eigenvalue weighted by Gasteiger charge is 2.11. The van der Waals surface area contributed by atoms with Crippen LogP contribution in [0.25, 0.3) is 0 Å². The molecule has 160 valence electrons. The summed E-state index contributed by atoms with van der Waals surface area (Å²) in [6.07, 6.45) is 1.35. The summed E-state index contributed by atoms with van der Waals surface area (Å²) in [5, 5.41) is 3.14. The summed E-state index contributed by atoms with van der Waals surface area (Å²) in [5.41, 5.74) is 13.0. The monoisotopic (exact) mass is 490 g/mol. The maximum Gasteiger partial charge on any atom is 0.269 e. The smallest absolute Gasteiger partial charge is 0.269 e. The van der Waals surface area contributed by atoms with Crippen LogP contribution in [-0.2, 0) is 0 Å². The maximum atomic E-state index is 12.3. The Bertz CT molecular complexity index is 1200. The minimum absolute atomic E-state index is 0.258. The summed E-state index contributed by atoms with van der Waals surface area (Å²) >= 11 is 3.34. The standard InChI is InChI=1S/C23H19BrN6O2/c24-16-8-6-15(7-9-16)23(31)30-29-22-20(25)21(26-14-27-22)28-17-10-12-19(13-11-17)32-18-4-2-1-3-5-18/h1-14H,25H2,(H,30,31)(H2,26,27,28,29). The number of nitrogens with one attached hydrogen (secondary N) is 3. The average Bonchev–Trinajstić information content (AvgIpc) is 2.82. The van der Waals surface area contributed by atoms with Crippen molar-refractivity contribution in [1.82, 2.24) is 15.4 Å². The van der Waals surface area contributed by atoms with Crippen LogP contribution in [-0.4, -0.2) is 15.9 Å². The molecule has 0 spiro atoms. The van der Waals surface area contributed by atoms with Crippen molar-refractivity contribution >= 4 is 44.8 Å². The number of carbonyl (C=O) groups is 1. The Morgan fingerprint density at radius 2 is 1.50 bits per heavy atom. The predicted octanol–water partition coefficient (Wildman–Crippen LogP) is 5.11. The fourth-order valence-corrected chi connectivity index (χ4v) is 3.02. The second-order valence-electron chi connectivity index (χ2n) is 6.64. The number of hydrogen-bond acceptors (Lipinski definition) is 7. The summed E-state index contributed by atoms with van der Waals surface area (Å²) in [6, 6.07) is 23.9. The minimum atomic E-state index is -0.320. The first-order valence-corrected chi connectivity index (χ1v) is 10.4. The van der Waals surface area contributed by atoms with Crippen molar-refractivity contribution in [3.8, 4) is 11.5 Å². The van der Waals surface area contributed by atoms with Crippen molar-refractivity contribution in [3.05, 3.63) is 95.2 Å². The third-order valence-corrected chi connectivity index (χ3v) is 4.91.